The minimum Gasteiger partial charge on any atom is -0.343 e. The van der Waals surface area contributed by atoms with E-state index < -0.39 is 0 Å². The van der Waals surface area contributed by atoms with E-state index in [1.54, 1.807) is 0 Å². The quantitative estimate of drug-likeness (QED) is 0.731. The van der Waals surface area contributed by atoms with Gasteiger partial charge in [-0.05, 0) is 43.0 Å². The average molecular weight is 324 g/mol. The van der Waals surface area contributed by atoms with Crippen molar-refractivity contribution in [3.8, 4) is 0 Å². The van der Waals surface area contributed by atoms with Crippen molar-refractivity contribution in [1.82, 2.24) is 9.80 Å². The van der Waals surface area contributed by atoms with Crippen LogP contribution in [0.5, 0.6) is 0 Å². The fourth-order valence-electron chi connectivity index (χ4n) is 3.45. The smallest absolute Gasteiger partial charge is 0.223 e. The van der Waals surface area contributed by atoms with E-state index >= 15 is 0 Å². The topological polar surface area (TPSA) is 23.6 Å². The van der Waals surface area contributed by atoms with E-state index in [0.717, 1.165) is 26.2 Å². The number of carbonyl (C=O) groups excluding carboxylic acids is 1. The molecule has 2 aromatic carbocycles. The molecule has 1 saturated carbocycles. The van der Waals surface area contributed by atoms with Gasteiger partial charge >= 0.3 is 0 Å². The van der Waals surface area contributed by atoms with Crippen LogP contribution in [0.2, 0.25) is 0 Å². The molecule has 1 amide bonds. The number of hydrogen-bond donors (Lipinski definition) is 0. The van der Waals surface area contributed by atoms with Gasteiger partial charge in [0.25, 0.3) is 0 Å². The summed E-state index contributed by atoms with van der Waals surface area (Å²) < 4.78 is 0. The van der Waals surface area contributed by atoms with E-state index in [1.807, 2.05) is 4.90 Å². The second-order valence-corrected chi connectivity index (χ2v) is 6.66. The summed E-state index contributed by atoms with van der Waals surface area (Å²) >= 11 is 0. The Balaban J connectivity index is 1.69. The molecule has 0 radical (unpaired) electrons. The van der Waals surface area contributed by atoms with Crippen LogP contribution in [-0.4, -0.2) is 41.4 Å². The van der Waals surface area contributed by atoms with Crippen molar-refractivity contribution in [3.63, 3.8) is 0 Å². The number of hydrogen-bond acceptors (Lipinski definition) is 2. The summed E-state index contributed by atoms with van der Waals surface area (Å²) in [6.45, 7) is 7.53. The van der Waals surface area contributed by atoms with E-state index in [4.69, 9.17) is 0 Å². The summed E-state index contributed by atoms with van der Waals surface area (Å²) in [5.41, 5.74) is 1.37. The van der Waals surface area contributed by atoms with Crippen LogP contribution in [0.1, 0.15) is 38.7 Å². The summed E-state index contributed by atoms with van der Waals surface area (Å²) in [5, 5.41) is 2.63. The third kappa shape index (κ3) is 3.96. The predicted molar refractivity (Wildman–Crippen MR) is 99.9 cm³/mol. The first kappa shape index (κ1) is 17.0. The van der Waals surface area contributed by atoms with Crippen LogP contribution in [0.15, 0.2) is 42.5 Å². The first-order chi connectivity index (χ1) is 11.7. The lowest BCUT2D eigenvalue weighted by Crippen LogP contribution is -2.35. The van der Waals surface area contributed by atoms with Gasteiger partial charge in [-0.2, -0.15) is 0 Å². The zero-order valence-corrected chi connectivity index (χ0v) is 14.9. The van der Waals surface area contributed by atoms with Crippen molar-refractivity contribution >= 4 is 16.7 Å². The van der Waals surface area contributed by atoms with Gasteiger partial charge in [0.15, 0.2) is 0 Å². The molecule has 0 N–H and O–H groups in total. The van der Waals surface area contributed by atoms with Crippen molar-refractivity contribution < 1.29 is 4.79 Å². The molecular formula is C21H28N2O. The molecule has 2 aromatic rings. The van der Waals surface area contributed by atoms with Gasteiger partial charge in [0.05, 0.1) is 0 Å². The molecule has 0 aromatic heterocycles. The number of benzene rings is 2. The van der Waals surface area contributed by atoms with Gasteiger partial charge in [0.1, 0.15) is 0 Å². The van der Waals surface area contributed by atoms with Crippen molar-refractivity contribution in [3.05, 3.63) is 48.0 Å². The molecule has 0 saturated heterocycles. The van der Waals surface area contributed by atoms with E-state index in [1.165, 1.54) is 29.2 Å². The maximum atomic E-state index is 12.3. The van der Waals surface area contributed by atoms with Gasteiger partial charge in [-0.25, -0.2) is 0 Å². The fourth-order valence-corrected chi connectivity index (χ4v) is 3.45. The van der Waals surface area contributed by atoms with Crippen molar-refractivity contribution in [2.75, 3.05) is 19.6 Å². The minimum absolute atomic E-state index is 0.281. The molecule has 0 bridgehead atoms. The molecule has 0 heterocycles. The van der Waals surface area contributed by atoms with Crippen LogP contribution < -0.4 is 0 Å². The van der Waals surface area contributed by atoms with Gasteiger partial charge in [-0.3, -0.25) is 9.69 Å². The Morgan fingerprint density at radius 1 is 1.04 bits per heavy atom. The lowest BCUT2D eigenvalue weighted by molar-refractivity contribution is -0.131. The molecule has 0 spiro atoms. The Bertz CT molecular complexity index is 684. The molecule has 0 atom stereocenters. The van der Waals surface area contributed by atoms with Gasteiger partial charge in [-0.1, -0.05) is 42.5 Å². The summed E-state index contributed by atoms with van der Waals surface area (Å²) in [6.07, 6.45) is 3.16. The predicted octanol–water partition coefficient (Wildman–Crippen LogP) is 4.06. The number of carbonyl (C=O) groups is 1. The highest BCUT2D eigenvalue weighted by molar-refractivity contribution is 5.85. The van der Waals surface area contributed by atoms with Crippen molar-refractivity contribution in [2.45, 2.75) is 45.7 Å². The zero-order valence-electron chi connectivity index (χ0n) is 14.9. The monoisotopic (exact) mass is 324 g/mol. The Kier molecular flexibility index (Phi) is 5.52. The number of nitrogens with zero attached hydrogens (tertiary/aromatic N) is 2. The summed E-state index contributed by atoms with van der Waals surface area (Å²) in [7, 11) is 0. The molecule has 3 rings (SSSR count). The maximum absolute atomic E-state index is 12.3. The maximum Gasteiger partial charge on any atom is 0.223 e. The first-order valence-electron chi connectivity index (χ1n) is 9.21. The Labute approximate surface area is 145 Å². The molecule has 3 nitrogen and oxygen atoms in total. The normalized spacial score (nSPS) is 14.3. The average Bonchev–Trinajstić information content (AvgIpc) is 3.45. The molecule has 128 valence electrons. The fraction of sp³-hybridized carbons (Fsp3) is 0.476. The van der Waals surface area contributed by atoms with Crippen molar-refractivity contribution in [2.24, 2.45) is 0 Å². The Morgan fingerprint density at radius 2 is 1.75 bits per heavy atom. The Hall–Kier alpha value is -1.87. The minimum atomic E-state index is 0.281. The summed E-state index contributed by atoms with van der Waals surface area (Å²) in [6, 6.07) is 15.8. The van der Waals surface area contributed by atoms with Gasteiger partial charge in [-0.15, -0.1) is 0 Å². The molecule has 3 heteroatoms. The van der Waals surface area contributed by atoms with E-state index in [2.05, 4.69) is 61.2 Å². The first-order valence-corrected chi connectivity index (χ1v) is 9.21. The molecule has 1 aliphatic rings. The largest absolute Gasteiger partial charge is 0.343 e. The standard InChI is InChI=1S/C21H28N2O/c1-3-22(4-2)21(24)14-15-23(19-12-13-19)16-18-10-7-9-17-8-5-6-11-20(17)18/h5-11,19H,3-4,12-16H2,1-2H3. The van der Waals surface area contributed by atoms with E-state index in [9.17, 15) is 4.79 Å². The summed E-state index contributed by atoms with van der Waals surface area (Å²) in [4.78, 5) is 16.8. The second kappa shape index (κ2) is 7.80. The Morgan fingerprint density at radius 3 is 2.46 bits per heavy atom. The van der Waals surface area contributed by atoms with Gasteiger partial charge in [0.2, 0.25) is 5.91 Å². The molecule has 1 aliphatic carbocycles. The van der Waals surface area contributed by atoms with Crippen molar-refractivity contribution in [1.29, 1.82) is 0 Å². The third-order valence-corrected chi connectivity index (χ3v) is 5.05. The summed E-state index contributed by atoms with van der Waals surface area (Å²) in [5.74, 6) is 0.281. The van der Waals surface area contributed by atoms with Crippen LogP contribution in [0.3, 0.4) is 0 Å². The van der Waals surface area contributed by atoms with Gasteiger partial charge < -0.3 is 4.90 Å². The molecule has 0 unspecified atom stereocenters. The van der Waals surface area contributed by atoms with Crippen LogP contribution in [0.25, 0.3) is 10.8 Å². The molecule has 24 heavy (non-hydrogen) atoms. The lowest BCUT2D eigenvalue weighted by atomic mass is 10.0. The van der Waals surface area contributed by atoms with Gasteiger partial charge in [0, 0.05) is 38.6 Å². The highest BCUT2D eigenvalue weighted by Gasteiger charge is 2.29. The van der Waals surface area contributed by atoms with E-state index in [0.29, 0.717) is 12.5 Å². The van der Waals surface area contributed by atoms with Crippen LogP contribution in [0.4, 0.5) is 0 Å². The molecule has 1 fully saturated rings. The highest BCUT2D eigenvalue weighted by Crippen LogP contribution is 2.30. The van der Waals surface area contributed by atoms with Crippen LogP contribution in [0, 0.1) is 0 Å². The SMILES string of the molecule is CCN(CC)C(=O)CCN(Cc1cccc2ccccc12)C1CC1. The number of rotatable bonds is 8. The molecular weight excluding hydrogens is 296 g/mol. The third-order valence-electron chi connectivity index (χ3n) is 5.05. The van der Waals surface area contributed by atoms with Crippen LogP contribution >= 0.6 is 0 Å². The zero-order chi connectivity index (χ0) is 16.9. The highest BCUT2D eigenvalue weighted by atomic mass is 16.2. The van der Waals surface area contributed by atoms with Crippen LogP contribution in [-0.2, 0) is 11.3 Å². The molecule has 0 aliphatic heterocycles. The lowest BCUT2D eigenvalue weighted by Gasteiger charge is -2.25. The van der Waals surface area contributed by atoms with E-state index in [-0.39, 0.29) is 5.91 Å². The number of amides is 1. The number of fused-ring (bicyclic) bond motifs is 1. The second-order valence-electron chi connectivity index (χ2n) is 6.66.